The summed E-state index contributed by atoms with van der Waals surface area (Å²) in [5.41, 5.74) is 4.68. The van der Waals surface area contributed by atoms with Gasteiger partial charge in [0, 0.05) is 22.9 Å². The van der Waals surface area contributed by atoms with Gasteiger partial charge in [0.1, 0.15) is 5.69 Å². The predicted molar refractivity (Wildman–Crippen MR) is 117 cm³/mol. The highest BCUT2D eigenvalue weighted by Crippen LogP contribution is 2.31. The van der Waals surface area contributed by atoms with Gasteiger partial charge in [-0.3, -0.25) is 0 Å². The van der Waals surface area contributed by atoms with Crippen LogP contribution in [0.4, 0.5) is 5.82 Å². The minimum absolute atomic E-state index is 0.136. The number of fused-ring (bicyclic) bond motifs is 1. The van der Waals surface area contributed by atoms with Crippen molar-refractivity contribution < 1.29 is 0 Å². The summed E-state index contributed by atoms with van der Waals surface area (Å²) in [5.74, 6) is 0.814. The molecular weight excluding hydrogens is 342 g/mol. The lowest BCUT2D eigenvalue weighted by Crippen LogP contribution is -2.10. The Balaban J connectivity index is 1.69. The van der Waals surface area contributed by atoms with E-state index in [1.54, 1.807) is 0 Å². The molecule has 1 N–H and O–H groups in total. The topological polar surface area (TPSA) is 37.8 Å². The lowest BCUT2D eigenvalue weighted by Gasteiger charge is -2.19. The van der Waals surface area contributed by atoms with Crippen LogP contribution in [0.2, 0.25) is 0 Å². The van der Waals surface area contributed by atoms with Gasteiger partial charge < -0.3 is 5.32 Å². The molecule has 0 aliphatic carbocycles. The van der Waals surface area contributed by atoms with Crippen molar-refractivity contribution in [1.29, 1.82) is 0 Å². The lowest BCUT2D eigenvalue weighted by atomic mass is 9.86. The molecule has 0 radical (unpaired) electrons. The van der Waals surface area contributed by atoms with E-state index < -0.39 is 0 Å². The van der Waals surface area contributed by atoms with Gasteiger partial charge in [-0.05, 0) is 16.5 Å². The van der Waals surface area contributed by atoms with Gasteiger partial charge in [0.05, 0.1) is 0 Å². The SMILES string of the molecule is CC(C)(C)c1ccc(-c2nnc(NCc3ccccc3)c3ccccc23)cc1. The maximum absolute atomic E-state index is 4.57. The molecular formula is C25H25N3. The van der Waals surface area contributed by atoms with Crippen LogP contribution < -0.4 is 5.32 Å². The first-order valence-electron chi connectivity index (χ1n) is 9.66. The number of hydrogen-bond acceptors (Lipinski definition) is 3. The van der Waals surface area contributed by atoms with Gasteiger partial charge >= 0.3 is 0 Å². The molecule has 0 aliphatic heterocycles. The largest absolute Gasteiger partial charge is 0.364 e. The van der Waals surface area contributed by atoms with E-state index in [0.717, 1.165) is 34.4 Å². The molecule has 3 nitrogen and oxygen atoms in total. The van der Waals surface area contributed by atoms with Crippen LogP contribution in [0.5, 0.6) is 0 Å². The molecule has 1 aromatic heterocycles. The van der Waals surface area contributed by atoms with E-state index in [9.17, 15) is 0 Å². The van der Waals surface area contributed by atoms with Gasteiger partial charge in [0.25, 0.3) is 0 Å². The second kappa shape index (κ2) is 7.43. The fourth-order valence-corrected chi connectivity index (χ4v) is 3.36. The highest BCUT2D eigenvalue weighted by atomic mass is 15.2. The third-order valence-corrected chi connectivity index (χ3v) is 5.01. The van der Waals surface area contributed by atoms with Crippen molar-refractivity contribution in [1.82, 2.24) is 10.2 Å². The van der Waals surface area contributed by atoms with Crippen LogP contribution >= 0.6 is 0 Å². The average molecular weight is 367 g/mol. The summed E-state index contributed by atoms with van der Waals surface area (Å²) in [7, 11) is 0. The molecule has 28 heavy (non-hydrogen) atoms. The maximum Gasteiger partial charge on any atom is 0.156 e. The second-order valence-electron chi connectivity index (χ2n) is 8.11. The summed E-state index contributed by atoms with van der Waals surface area (Å²) >= 11 is 0. The first-order chi connectivity index (χ1) is 13.5. The summed E-state index contributed by atoms with van der Waals surface area (Å²) in [4.78, 5) is 0. The Morgan fingerprint density at radius 3 is 2.04 bits per heavy atom. The highest BCUT2D eigenvalue weighted by Gasteiger charge is 2.15. The van der Waals surface area contributed by atoms with Crippen molar-refractivity contribution in [3.8, 4) is 11.3 Å². The van der Waals surface area contributed by atoms with Gasteiger partial charge in [0.15, 0.2) is 5.82 Å². The van der Waals surface area contributed by atoms with Crippen LogP contribution in [-0.2, 0) is 12.0 Å². The maximum atomic E-state index is 4.57. The fraction of sp³-hybridized carbons (Fsp3) is 0.200. The van der Waals surface area contributed by atoms with E-state index in [4.69, 9.17) is 0 Å². The Hall–Kier alpha value is -3.20. The van der Waals surface area contributed by atoms with E-state index in [2.05, 4.69) is 90.9 Å². The molecule has 0 spiro atoms. The first-order valence-corrected chi connectivity index (χ1v) is 9.66. The molecule has 0 atom stereocenters. The second-order valence-corrected chi connectivity index (χ2v) is 8.11. The summed E-state index contributed by atoms with van der Waals surface area (Å²) in [6.07, 6.45) is 0. The standard InChI is InChI=1S/C25H25N3/c1-25(2,3)20-15-13-19(14-16-20)23-21-11-7-8-12-22(21)24(28-27-23)26-17-18-9-5-4-6-10-18/h4-16H,17H2,1-3H3,(H,26,28). The van der Waals surface area contributed by atoms with Crippen molar-refractivity contribution in [2.75, 3.05) is 5.32 Å². The Morgan fingerprint density at radius 1 is 0.714 bits per heavy atom. The quantitative estimate of drug-likeness (QED) is 0.466. The van der Waals surface area contributed by atoms with Crippen molar-refractivity contribution in [2.45, 2.75) is 32.7 Å². The van der Waals surface area contributed by atoms with Gasteiger partial charge in [-0.1, -0.05) is 99.6 Å². The van der Waals surface area contributed by atoms with E-state index in [0.29, 0.717) is 0 Å². The molecule has 1 heterocycles. The molecule has 3 heteroatoms. The molecule has 0 saturated carbocycles. The number of nitrogens with one attached hydrogen (secondary N) is 1. The number of hydrogen-bond donors (Lipinski definition) is 1. The summed E-state index contributed by atoms with van der Waals surface area (Å²) in [6, 6.07) is 27.3. The molecule has 0 fully saturated rings. The van der Waals surface area contributed by atoms with Crippen LogP contribution in [0.3, 0.4) is 0 Å². The van der Waals surface area contributed by atoms with Crippen molar-refractivity contribution >= 4 is 16.6 Å². The van der Waals surface area contributed by atoms with E-state index in [1.807, 2.05) is 24.3 Å². The number of anilines is 1. The Kier molecular flexibility index (Phi) is 4.82. The predicted octanol–water partition coefficient (Wildman–Crippen LogP) is 6.21. The van der Waals surface area contributed by atoms with Crippen LogP contribution in [0.25, 0.3) is 22.0 Å². The molecule has 4 rings (SSSR count). The highest BCUT2D eigenvalue weighted by molar-refractivity contribution is 6.00. The normalized spacial score (nSPS) is 11.5. The molecule has 0 aliphatic rings. The summed E-state index contributed by atoms with van der Waals surface area (Å²) < 4.78 is 0. The van der Waals surface area contributed by atoms with Crippen molar-refractivity contribution in [3.05, 3.63) is 90.0 Å². The zero-order valence-corrected chi connectivity index (χ0v) is 16.6. The summed E-state index contributed by atoms with van der Waals surface area (Å²) in [6.45, 7) is 7.40. The summed E-state index contributed by atoms with van der Waals surface area (Å²) in [5, 5.41) is 14.7. The first kappa shape index (κ1) is 18.2. The number of aromatic nitrogens is 2. The Bertz CT molecular complexity index is 1080. The van der Waals surface area contributed by atoms with Crippen molar-refractivity contribution in [3.63, 3.8) is 0 Å². The number of benzene rings is 3. The molecule has 0 amide bonds. The monoisotopic (exact) mass is 367 g/mol. The van der Waals surface area contributed by atoms with Gasteiger partial charge in [-0.2, -0.15) is 0 Å². The fourth-order valence-electron chi connectivity index (χ4n) is 3.36. The Labute approximate surface area is 166 Å². The molecule has 0 bridgehead atoms. The molecule has 140 valence electrons. The van der Waals surface area contributed by atoms with Crippen molar-refractivity contribution in [2.24, 2.45) is 0 Å². The number of rotatable bonds is 4. The molecule has 0 unspecified atom stereocenters. The average Bonchev–Trinajstić information content (AvgIpc) is 2.72. The molecule has 4 aromatic rings. The minimum Gasteiger partial charge on any atom is -0.364 e. The zero-order chi connectivity index (χ0) is 19.6. The molecule has 0 saturated heterocycles. The van der Waals surface area contributed by atoms with Crippen LogP contribution in [0.15, 0.2) is 78.9 Å². The Morgan fingerprint density at radius 2 is 1.36 bits per heavy atom. The van der Waals surface area contributed by atoms with Crippen LogP contribution in [-0.4, -0.2) is 10.2 Å². The third-order valence-electron chi connectivity index (χ3n) is 5.01. The van der Waals surface area contributed by atoms with Gasteiger partial charge in [0.2, 0.25) is 0 Å². The third kappa shape index (κ3) is 3.74. The van der Waals surface area contributed by atoms with E-state index in [-0.39, 0.29) is 5.41 Å². The molecule has 3 aromatic carbocycles. The van der Waals surface area contributed by atoms with Crippen LogP contribution in [0.1, 0.15) is 31.9 Å². The van der Waals surface area contributed by atoms with Crippen LogP contribution in [0, 0.1) is 0 Å². The van der Waals surface area contributed by atoms with E-state index >= 15 is 0 Å². The number of nitrogens with zero attached hydrogens (tertiary/aromatic N) is 2. The minimum atomic E-state index is 0.136. The smallest absolute Gasteiger partial charge is 0.156 e. The van der Waals surface area contributed by atoms with E-state index in [1.165, 1.54) is 11.1 Å². The lowest BCUT2D eigenvalue weighted by molar-refractivity contribution is 0.590. The van der Waals surface area contributed by atoms with Gasteiger partial charge in [-0.15, -0.1) is 10.2 Å². The van der Waals surface area contributed by atoms with Gasteiger partial charge in [-0.25, -0.2) is 0 Å². The zero-order valence-electron chi connectivity index (χ0n) is 16.6.